The van der Waals surface area contributed by atoms with E-state index in [4.69, 9.17) is 4.74 Å². The highest BCUT2D eigenvalue weighted by Crippen LogP contribution is 2.28. The molecular weight excluding hydrogens is 244 g/mol. The van der Waals surface area contributed by atoms with Crippen LogP contribution in [0.3, 0.4) is 0 Å². The average molecular weight is 266 g/mol. The Bertz CT molecular complexity index is 312. The highest BCUT2D eigenvalue weighted by molar-refractivity contribution is 7.87. The number of nitrogens with one attached hydrogen (secondary N) is 2. The summed E-state index contributed by atoms with van der Waals surface area (Å²) in [5.74, 6) is 0. The molecule has 0 aromatic rings. The molecule has 1 fully saturated rings. The summed E-state index contributed by atoms with van der Waals surface area (Å²) in [4.78, 5) is 0. The number of methoxy groups -OCH3 is 1. The molecule has 0 amide bonds. The summed E-state index contributed by atoms with van der Waals surface area (Å²) >= 11 is 0. The lowest BCUT2D eigenvalue weighted by Gasteiger charge is -2.35. The molecule has 0 aromatic carbocycles. The van der Waals surface area contributed by atoms with Crippen molar-refractivity contribution in [3.8, 4) is 0 Å². The van der Waals surface area contributed by atoms with Crippen molar-refractivity contribution in [2.45, 2.75) is 37.6 Å². The second-order valence-corrected chi connectivity index (χ2v) is 5.99. The van der Waals surface area contributed by atoms with Gasteiger partial charge < -0.3 is 9.84 Å². The zero-order valence-electron chi connectivity index (χ0n) is 10.2. The molecule has 3 N–H and O–H groups in total. The summed E-state index contributed by atoms with van der Waals surface area (Å²) in [6.07, 6.45) is 4.37. The molecule has 1 rings (SSSR count). The molecule has 7 heteroatoms. The second kappa shape index (κ2) is 6.65. The van der Waals surface area contributed by atoms with Crippen LogP contribution >= 0.6 is 0 Å². The Kier molecular flexibility index (Phi) is 5.81. The quantitative estimate of drug-likeness (QED) is 0.555. The number of ether oxygens (including phenoxy) is 1. The Labute approximate surface area is 103 Å². The van der Waals surface area contributed by atoms with Gasteiger partial charge in [-0.15, -0.1) is 0 Å². The van der Waals surface area contributed by atoms with Crippen LogP contribution in [-0.4, -0.2) is 45.9 Å². The van der Waals surface area contributed by atoms with Crippen molar-refractivity contribution >= 4 is 10.2 Å². The van der Waals surface area contributed by atoms with E-state index in [1.807, 2.05) is 0 Å². The zero-order chi connectivity index (χ0) is 12.8. The van der Waals surface area contributed by atoms with Gasteiger partial charge in [-0.25, -0.2) is 0 Å². The number of aliphatic hydroxyl groups excluding tert-OH is 1. The molecule has 0 spiro atoms. The lowest BCUT2D eigenvalue weighted by atomic mass is 9.83. The van der Waals surface area contributed by atoms with Gasteiger partial charge in [0, 0.05) is 13.7 Å². The molecule has 1 aliphatic carbocycles. The Morgan fingerprint density at radius 1 is 1.29 bits per heavy atom. The first-order valence-electron chi connectivity index (χ1n) is 5.92. The first-order chi connectivity index (χ1) is 8.04. The first-order valence-corrected chi connectivity index (χ1v) is 7.40. The second-order valence-electron chi connectivity index (χ2n) is 4.49. The molecule has 0 atom stereocenters. The zero-order valence-corrected chi connectivity index (χ0v) is 11.1. The van der Waals surface area contributed by atoms with Crippen LogP contribution in [0.15, 0.2) is 0 Å². The van der Waals surface area contributed by atoms with Crippen molar-refractivity contribution in [2.75, 3.05) is 26.9 Å². The predicted octanol–water partition coefficient (Wildman–Crippen LogP) is -0.248. The summed E-state index contributed by atoms with van der Waals surface area (Å²) in [6.45, 7) is 0.401. The topological polar surface area (TPSA) is 87.7 Å². The highest BCUT2D eigenvalue weighted by atomic mass is 32.2. The lowest BCUT2D eigenvalue weighted by Crippen LogP contribution is -2.55. The van der Waals surface area contributed by atoms with Crippen molar-refractivity contribution in [2.24, 2.45) is 0 Å². The smallest absolute Gasteiger partial charge is 0.277 e. The maximum absolute atomic E-state index is 11.7. The molecule has 0 saturated heterocycles. The minimum absolute atomic E-state index is 0.155. The molecule has 1 saturated carbocycles. The summed E-state index contributed by atoms with van der Waals surface area (Å²) in [7, 11) is -2.05. The standard InChI is InChI=1S/C10H22N2O4S/c1-16-8-7-11-17(14,15)12-10(9-13)5-3-2-4-6-10/h11-13H,2-9H2,1H3. The van der Waals surface area contributed by atoms with E-state index in [1.165, 1.54) is 7.11 Å². The minimum Gasteiger partial charge on any atom is -0.394 e. The van der Waals surface area contributed by atoms with Crippen molar-refractivity contribution in [3.63, 3.8) is 0 Å². The van der Waals surface area contributed by atoms with Gasteiger partial charge in [-0.05, 0) is 12.8 Å². The molecule has 0 radical (unpaired) electrons. The van der Waals surface area contributed by atoms with Gasteiger partial charge in [-0.1, -0.05) is 19.3 Å². The Morgan fingerprint density at radius 2 is 1.94 bits per heavy atom. The minimum atomic E-state index is -3.56. The van der Waals surface area contributed by atoms with Crippen molar-refractivity contribution < 1.29 is 18.3 Å². The fourth-order valence-electron chi connectivity index (χ4n) is 2.12. The predicted molar refractivity (Wildman–Crippen MR) is 64.8 cm³/mol. The van der Waals surface area contributed by atoms with Gasteiger partial charge in [0.15, 0.2) is 0 Å². The molecule has 102 valence electrons. The van der Waals surface area contributed by atoms with Crippen molar-refractivity contribution in [1.82, 2.24) is 9.44 Å². The van der Waals surface area contributed by atoms with Crippen LogP contribution in [0.1, 0.15) is 32.1 Å². The molecule has 0 aliphatic heterocycles. The van der Waals surface area contributed by atoms with Gasteiger partial charge in [0.1, 0.15) is 0 Å². The normalized spacial score (nSPS) is 20.4. The first kappa shape index (κ1) is 14.8. The van der Waals surface area contributed by atoms with E-state index < -0.39 is 15.7 Å². The van der Waals surface area contributed by atoms with E-state index in [0.29, 0.717) is 19.4 Å². The van der Waals surface area contributed by atoms with E-state index in [1.54, 1.807) is 0 Å². The molecule has 1 aliphatic rings. The van der Waals surface area contributed by atoms with E-state index in [2.05, 4.69) is 9.44 Å². The third-order valence-electron chi connectivity index (χ3n) is 3.06. The molecule has 0 unspecified atom stereocenters. The largest absolute Gasteiger partial charge is 0.394 e. The van der Waals surface area contributed by atoms with Crippen LogP contribution in [0.25, 0.3) is 0 Å². The number of hydrogen-bond acceptors (Lipinski definition) is 4. The van der Waals surface area contributed by atoms with E-state index in [9.17, 15) is 13.5 Å². The Morgan fingerprint density at radius 3 is 2.47 bits per heavy atom. The van der Waals surface area contributed by atoms with E-state index in [0.717, 1.165) is 19.3 Å². The van der Waals surface area contributed by atoms with Crippen LogP contribution in [0.4, 0.5) is 0 Å². The maximum Gasteiger partial charge on any atom is 0.277 e. The highest BCUT2D eigenvalue weighted by Gasteiger charge is 2.35. The van der Waals surface area contributed by atoms with E-state index >= 15 is 0 Å². The molecule has 0 heterocycles. The maximum atomic E-state index is 11.7. The summed E-state index contributed by atoms with van der Waals surface area (Å²) in [6, 6.07) is 0. The van der Waals surface area contributed by atoms with Crippen LogP contribution < -0.4 is 9.44 Å². The van der Waals surface area contributed by atoms with E-state index in [-0.39, 0.29) is 13.2 Å². The fourth-order valence-corrected chi connectivity index (χ4v) is 3.38. The molecule has 6 nitrogen and oxygen atoms in total. The van der Waals surface area contributed by atoms with Gasteiger partial charge in [0.25, 0.3) is 10.2 Å². The number of rotatable bonds is 7. The summed E-state index contributed by atoms with van der Waals surface area (Å²) in [5.41, 5.74) is -0.683. The van der Waals surface area contributed by atoms with Crippen LogP contribution in [0.5, 0.6) is 0 Å². The third kappa shape index (κ3) is 4.89. The van der Waals surface area contributed by atoms with Crippen LogP contribution in [-0.2, 0) is 14.9 Å². The summed E-state index contributed by atoms with van der Waals surface area (Å²) in [5, 5.41) is 9.40. The number of aliphatic hydroxyl groups is 1. The summed E-state index contributed by atoms with van der Waals surface area (Å²) < 4.78 is 33.2. The monoisotopic (exact) mass is 266 g/mol. The van der Waals surface area contributed by atoms with Gasteiger partial charge in [-0.2, -0.15) is 17.9 Å². The molecule has 17 heavy (non-hydrogen) atoms. The SMILES string of the molecule is COCCNS(=O)(=O)NC1(CO)CCCCC1. The Hall–Kier alpha value is -0.210. The lowest BCUT2D eigenvalue weighted by molar-refractivity contribution is 0.141. The Balaban J connectivity index is 2.54. The molecular formula is C10H22N2O4S. The average Bonchev–Trinajstić information content (AvgIpc) is 2.30. The van der Waals surface area contributed by atoms with Crippen LogP contribution in [0.2, 0.25) is 0 Å². The fraction of sp³-hybridized carbons (Fsp3) is 1.00. The van der Waals surface area contributed by atoms with Crippen molar-refractivity contribution in [1.29, 1.82) is 0 Å². The van der Waals surface area contributed by atoms with Crippen LogP contribution in [0, 0.1) is 0 Å². The van der Waals surface area contributed by atoms with Gasteiger partial charge in [0.05, 0.1) is 18.8 Å². The van der Waals surface area contributed by atoms with Gasteiger partial charge >= 0.3 is 0 Å². The molecule has 0 aromatic heterocycles. The third-order valence-corrected chi connectivity index (χ3v) is 4.35. The van der Waals surface area contributed by atoms with Gasteiger partial charge in [0.2, 0.25) is 0 Å². The number of hydrogen-bond donors (Lipinski definition) is 3. The molecule has 0 bridgehead atoms. The van der Waals surface area contributed by atoms with Crippen molar-refractivity contribution in [3.05, 3.63) is 0 Å². The van der Waals surface area contributed by atoms with Gasteiger partial charge in [-0.3, -0.25) is 0 Å².